The predicted molar refractivity (Wildman–Crippen MR) is 78.0 cm³/mol. The summed E-state index contributed by atoms with van der Waals surface area (Å²) in [6, 6.07) is 0. The summed E-state index contributed by atoms with van der Waals surface area (Å²) < 4.78 is 0.735. The van der Waals surface area contributed by atoms with Crippen molar-refractivity contribution in [3.05, 3.63) is 0 Å². The van der Waals surface area contributed by atoms with Crippen LogP contribution in [-0.4, -0.2) is 46.1 Å². The van der Waals surface area contributed by atoms with Gasteiger partial charge in [0.25, 0.3) is 0 Å². The Morgan fingerprint density at radius 1 is 1.06 bits per heavy atom. The first-order valence-electron chi connectivity index (χ1n) is 6.45. The summed E-state index contributed by atoms with van der Waals surface area (Å²) in [6.45, 7) is 10.9. The average Bonchev–Trinajstić information content (AvgIpc) is 2.49. The van der Waals surface area contributed by atoms with Gasteiger partial charge in [-0.2, -0.15) is 0 Å². The molecule has 1 atom stereocenters. The van der Waals surface area contributed by atoms with Gasteiger partial charge in [0.05, 0.1) is 4.05 Å². The van der Waals surface area contributed by atoms with E-state index in [2.05, 4.69) is 60.2 Å². The number of piperidine rings is 1. The van der Waals surface area contributed by atoms with Gasteiger partial charge in [0.2, 0.25) is 0 Å². The molecule has 0 aromatic rings. The second kappa shape index (κ2) is 4.39. The zero-order valence-electron chi connectivity index (χ0n) is 11.1. The molecule has 2 rings (SSSR count). The number of likely N-dealkylation sites (tertiary alicyclic amines) is 2. The third-order valence-electron chi connectivity index (χ3n) is 4.47. The fraction of sp³-hybridized carbons (Fsp3) is 1.00. The van der Waals surface area contributed by atoms with E-state index in [1.807, 2.05) is 0 Å². The van der Waals surface area contributed by atoms with Gasteiger partial charge < -0.3 is 4.90 Å². The van der Waals surface area contributed by atoms with E-state index in [1.165, 1.54) is 38.9 Å². The van der Waals surface area contributed by atoms with Crippen LogP contribution in [0.5, 0.6) is 0 Å². The van der Waals surface area contributed by atoms with Gasteiger partial charge >= 0.3 is 0 Å². The lowest BCUT2D eigenvalue weighted by Gasteiger charge is -2.44. The van der Waals surface area contributed by atoms with Crippen molar-refractivity contribution in [3.8, 4) is 0 Å². The molecule has 2 nitrogen and oxygen atoms in total. The van der Waals surface area contributed by atoms with Crippen LogP contribution in [0.3, 0.4) is 0 Å². The Bertz CT molecular complexity index is 251. The minimum atomic E-state index is 0.332. The van der Waals surface area contributed by atoms with Crippen molar-refractivity contribution in [3.63, 3.8) is 0 Å². The number of hydrogen-bond donors (Lipinski definition) is 0. The fourth-order valence-corrected chi connectivity index (χ4v) is 5.18. The van der Waals surface area contributed by atoms with Gasteiger partial charge in [0.1, 0.15) is 0 Å². The zero-order valence-corrected chi connectivity index (χ0v) is 13.2. The van der Waals surface area contributed by atoms with E-state index in [-0.39, 0.29) is 0 Å². The Morgan fingerprint density at radius 2 is 1.56 bits per heavy atom. The van der Waals surface area contributed by atoms with E-state index < -0.39 is 0 Å². The summed E-state index contributed by atoms with van der Waals surface area (Å²) in [5.74, 6) is 0. The molecular formula is C13H25IN2. The molecular weight excluding hydrogens is 311 g/mol. The number of hydrogen-bond acceptors (Lipinski definition) is 2. The molecule has 0 aromatic heterocycles. The normalized spacial score (nSPS) is 32.4. The molecule has 94 valence electrons. The number of nitrogens with zero attached hydrogens (tertiary/aromatic N) is 2. The minimum absolute atomic E-state index is 0.332. The summed E-state index contributed by atoms with van der Waals surface area (Å²) >= 11 is 2.71. The van der Waals surface area contributed by atoms with E-state index in [0.29, 0.717) is 11.0 Å². The maximum atomic E-state index is 2.71. The van der Waals surface area contributed by atoms with Crippen LogP contribution in [-0.2, 0) is 0 Å². The van der Waals surface area contributed by atoms with E-state index in [4.69, 9.17) is 0 Å². The smallest absolute Gasteiger partial charge is 0.0681 e. The summed E-state index contributed by atoms with van der Waals surface area (Å²) in [6.07, 6.45) is 4.19. The molecule has 2 aliphatic rings. The van der Waals surface area contributed by atoms with Gasteiger partial charge in [-0.15, -0.1) is 0 Å². The zero-order chi connectivity index (χ0) is 12.0. The van der Waals surface area contributed by atoms with Gasteiger partial charge in [0.15, 0.2) is 0 Å². The quantitative estimate of drug-likeness (QED) is 0.381. The molecule has 0 N–H and O–H groups in total. The fourth-order valence-electron chi connectivity index (χ4n) is 3.13. The Labute approximate surface area is 114 Å². The molecule has 1 spiro atoms. The molecule has 0 unspecified atom stereocenters. The maximum absolute atomic E-state index is 2.71. The Kier molecular flexibility index (Phi) is 3.59. The summed E-state index contributed by atoms with van der Waals surface area (Å²) in [5, 5.41) is 0. The third kappa shape index (κ3) is 2.27. The second-order valence-corrected chi connectivity index (χ2v) is 7.80. The summed E-state index contributed by atoms with van der Waals surface area (Å²) in [7, 11) is 2.26. The Hall–Kier alpha value is 0.650. The maximum Gasteiger partial charge on any atom is 0.0681 e. The topological polar surface area (TPSA) is 6.48 Å². The van der Waals surface area contributed by atoms with Crippen molar-refractivity contribution in [2.45, 2.75) is 49.6 Å². The van der Waals surface area contributed by atoms with Gasteiger partial charge in [-0.25, -0.2) is 0 Å². The molecule has 0 amide bonds. The van der Waals surface area contributed by atoms with Crippen LogP contribution in [0.25, 0.3) is 0 Å². The Balaban J connectivity index is 2.09. The lowest BCUT2D eigenvalue weighted by atomic mass is 9.78. The molecule has 2 fully saturated rings. The van der Waals surface area contributed by atoms with Crippen LogP contribution >= 0.6 is 22.6 Å². The monoisotopic (exact) mass is 336 g/mol. The van der Waals surface area contributed by atoms with E-state index >= 15 is 0 Å². The molecule has 2 aliphatic heterocycles. The number of halogens is 1. The van der Waals surface area contributed by atoms with Crippen LogP contribution in [0.2, 0.25) is 0 Å². The van der Waals surface area contributed by atoms with Gasteiger partial charge in [-0.05, 0) is 65.6 Å². The number of alkyl halides is 1. The molecule has 0 aromatic carbocycles. The van der Waals surface area contributed by atoms with Crippen molar-refractivity contribution < 1.29 is 0 Å². The molecule has 2 saturated heterocycles. The van der Waals surface area contributed by atoms with Crippen LogP contribution < -0.4 is 0 Å². The van der Waals surface area contributed by atoms with Crippen molar-refractivity contribution >= 4 is 22.6 Å². The van der Waals surface area contributed by atoms with Crippen molar-refractivity contribution in [2.24, 2.45) is 5.41 Å². The SMILES string of the molecule is CN1CCC2(CC1)CCN(C(C)(C)C)[C@@H]2I. The predicted octanol–water partition coefficient (Wildman–Crippen LogP) is 2.96. The van der Waals surface area contributed by atoms with Crippen molar-refractivity contribution in [2.75, 3.05) is 26.7 Å². The first-order valence-corrected chi connectivity index (χ1v) is 7.69. The molecule has 0 aliphatic carbocycles. The molecule has 3 heteroatoms. The second-order valence-electron chi connectivity index (χ2n) is 6.62. The highest BCUT2D eigenvalue weighted by Crippen LogP contribution is 2.49. The molecule has 16 heavy (non-hydrogen) atoms. The average molecular weight is 336 g/mol. The summed E-state index contributed by atoms with van der Waals surface area (Å²) in [4.78, 5) is 5.19. The van der Waals surface area contributed by atoms with Crippen LogP contribution in [0.4, 0.5) is 0 Å². The van der Waals surface area contributed by atoms with Gasteiger partial charge in [0, 0.05) is 12.1 Å². The lowest BCUT2D eigenvalue weighted by Crippen LogP contribution is -2.48. The molecule has 2 heterocycles. The molecule has 0 radical (unpaired) electrons. The highest BCUT2D eigenvalue weighted by molar-refractivity contribution is 14.1. The van der Waals surface area contributed by atoms with E-state index in [1.54, 1.807) is 0 Å². The molecule has 0 bridgehead atoms. The summed E-state index contributed by atoms with van der Waals surface area (Å²) in [5.41, 5.74) is 0.944. The van der Waals surface area contributed by atoms with Crippen molar-refractivity contribution in [1.29, 1.82) is 0 Å². The van der Waals surface area contributed by atoms with Gasteiger partial charge in [-0.1, -0.05) is 22.6 Å². The van der Waals surface area contributed by atoms with Crippen LogP contribution in [0, 0.1) is 5.41 Å². The third-order valence-corrected chi connectivity index (χ3v) is 6.47. The van der Waals surface area contributed by atoms with E-state index in [9.17, 15) is 0 Å². The van der Waals surface area contributed by atoms with Crippen molar-refractivity contribution in [1.82, 2.24) is 9.80 Å². The highest BCUT2D eigenvalue weighted by atomic mass is 127. The Morgan fingerprint density at radius 3 is 2.00 bits per heavy atom. The first kappa shape index (κ1) is 13.1. The van der Waals surface area contributed by atoms with Gasteiger partial charge in [-0.3, -0.25) is 4.90 Å². The van der Waals surface area contributed by atoms with Crippen LogP contribution in [0.1, 0.15) is 40.0 Å². The van der Waals surface area contributed by atoms with Crippen LogP contribution in [0.15, 0.2) is 0 Å². The lowest BCUT2D eigenvalue weighted by molar-refractivity contribution is 0.0896. The first-order chi connectivity index (χ1) is 7.35. The van der Waals surface area contributed by atoms with E-state index in [0.717, 1.165) is 4.05 Å². The number of rotatable bonds is 0. The highest BCUT2D eigenvalue weighted by Gasteiger charge is 2.49. The molecule has 0 saturated carbocycles. The standard InChI is InChI=1S/C13H25IN2/c1-12(2,3)16-10-7-13(11(16)14)5-8-15(4)9-6-13/h11H,5-10H2,1-4H3/t11-/m0/s1. The largest absolute Gasteiger partial charge is 0.306 e. The minimum Gasteiger partial charge on any atom is -0.306 e.